The van der Waals surface area contributed by atoms with Gasteiger partial charge in [-0.15, -0.1) is 0 Å². The molecular weight excluding hydrogens is 1130 g/mol. The van der Waals surface area contributed by atoms with E-state index in [1.54, 1.807) is 34.7 Å². The van der Waals surface area contributed by atoms with E-state index in [4.69, 9.17) is 9.47 Å². The Kier molecular flexibility index (Phi) is 12.1. The zero-order valence-electron chi connectivity index (χ0n) is 22.7. The van der Waals surface area contributed by atoms with E-state index in [0.717, 1.165) is 18.2 Å². The van der Waals surface area contributed by atoms with Crippen molar-refractivity contribution >= 4 is 118 Å². The van der Waals surface area contributed by atoms with Gasteiger partial charge in [-0.25, -0.2) is 26.8 Å². The molecule has 0 atom stereocenters. The summed E-state index contributed by atoms with van der Waals surface area (Å²) >= 11 is 7.39. The molecule has 0 saturated carbocycles. The lowest BCUT2D eigenvalue weighted by Crippen LogP contribution is -2.17. The first-order valence-corrected chi connectivity index (χ1v) is 18.0. The molecule has 11 nitrogen and oxygen atoms in total. The number of esters is 3. The van der Waals surface area contributed by atoms with E-state index < -0.39 is 91.2 Å². The Morgan fingerprint density at radius 2 is 1.29 bits per heavy atom. The number of hydrogen-bond acceptors (Lipinski definition) is 11. The fraction of sp³-hybridized carbons (Fsp3) is 0.0357. The van der Waals surface area contributed by atoms with Gasteiger partial charge >= 0.3 is 17.9 Å². The molecule has 0 saturated heterocycles. The summed E-state index contributed by atoms with van der Waals surface area (Å²) in [5, 5.41) is 20.4. The van der Waals surface area contributed by atoms with Gasteiger partial charge in [0.2, 0.25) is 17.4 Å². The predicted molar refractivity (Wildman–Crippen MR) is 187 cm³/mol. The molecule has 0 aromatic heterocycles. The number of carbonyl (C=O) groups is 3. The van der Waals surface area contributed by atoms with Crippen molar-refractivity contribution in [2.75, 3.05) is 0 Å². The van der Waals surface area contributed by atoms with Crippen LogP contribution in [0, 0.1) is 37.5 Å². The van der Waals surface area contributed by atoms with Crippen molar-refractivity contribution in [3.63, 3.8) is 0 Å². The molecule has 4 rings (SSSR count). The number of phenolic OH excluding ortho intramolecular Hbond substituents is 2. The van der Waals surface area contributed by atoms with E-state index in [-0.39, 0.29) is 14.9 Å². The largest absolute Gasteiger partial charge is 0.744 e. The summed E-state index contributed by atoms with van der Waals surface area (Å²) < 4.78 is 108. The topological polar surface area (TPSA) is 177 Å². The Labute approximate surface area is 321 Å². The highest BCUT2D eigenvalue weighted by atomic mass is 127. The van der Waals surface area contributed by atoms with Crippen molar-refractivity contribution in [1.82, 2.24) is 0 Å². The highest BCUT2D eigenvalue weighted by molar-refractivity contribution is 14.1. The van der Waals surface area contributed by atoms with Crippen LogP contribution < -0.4 is 14.2 Å². The molecule has 0 spiro atoms. The molecule has 48 heavy (non-hydrogen) atoms. The van der Waals surface area contributed by atoms with Crippen LogP contribution in [0.1, 0.15) is 26.3 Å². The van der Waals surface area contributed by atoms with Crippen molar-refractivity contribution in [3.05, 3.63) is 96.7 Å². The second-order valence-corrected chi connectivity index (χ2v) is 15.2. The number of rotatable bonds is 8. The third kappa shape index (κ3) is 8.59. The van der Waals surface area contributed by atoms with E-state index in [0.29, 0.717) is 16.3 Å². The summed E-state index contributed by atoms with van der Waals surface area (Å²) in [6.45, 7) is 0. The van der Waals surface area contributed by atoms with Gasteiger partial charge < -0.3 is 29.0 Å². The van der Waals surface area contributed by atoms with Crippen molar-refractivity contribution in [2.24, 2.45) is 0 Å². The van der Waals surface area contributed by atoms with Gasteiger partial charge in [-0.05, 0) is 132 Å². The van der Waals surface area contributed by atoms with Crippen molar-refractivity contribution < 1.29 is 69.3 Å². The van der Waals surface area contributed by atoms with Crippen LogP contribution in [0.3, 0.4) is 0 Å². The first-order valence-electron chi connectivity index (χ1n) is 12.2. The lowest BCUT2D eigenvalue weighted by molar-refractivity contribution is -0.133. The van der Waals surface area contributed by atoms with Gasteiger partial charge in [0.15, 0.2) is 11.6 Å². The number of phenols is 2. The lowest BCUT2D eigenvalue weighted by atomic mass is 10.1. The van der Waals surface area contributed by atoms with E-state index in [2.05, 4.69) is 4.74 Å². The van der Waals surface area contributed by atoms with Crippen LogP contribution in [0.15, 0.2) is 47.4 Å². The minimum atomic E-state index is -6.05. The average molecular weight is 1140 g/mol. The summed E-state index contributed by atoms with van der Waals surface area (Å²) in [4.78, 5) is 36.3. The Morgan fingerprint density at radius 3 is 1.88 bits per heavy atom. The van der Waals surface area contributed by atoms with Crippen LogP contribution >= 0.6 is 90.4 Å². The van der Waals surface area contributed by atoms with Gasteiger partial charge in [0, 0.05) is 13.2 Å². The molecule has 0 heterocycles. The standard InChI is InChI=1S/C28H12F4I4O11S/c29-20-22(31)26(48(42,43)44)23(32)21(30)25(20)47-27(40)10-1-12(45-19(38)4-9-3-18(37)16(35)8-15(9)34)7-13(2-10)46-28(41)14-5-11(33)6-17(36)24(14)39/h1-3,5-8,37,39H,4H2,(H,42,43,44)/p-1. The third-order valence-electron chi connectivity index (χ3n) is 5.88. The van der Waals surface area contributed by atoms with Gasteiger partial charge in [-0.2, -0.15) is 8.78 Å². The zero-order valence-corrected chi connectivity index (χ0v) is 32.2. The second kappa shape index (κ2) is 15.1. The van der Waals surface area contributed by atoms with Gasteiger partial charge in [0.1, 0.15) is 43.6 Å². The first-order chi connectivity index (χ1) is 22.3. The number of carbonyl (C=O) groups excluding carboxylic acids is 3. The third-order valence-corrected chi connectivity index (χ3v) is 10.1. The number of halogens is 8. The highest BCUT2D eigenvalue weighted by Gasteiger charge is 2.32. The van der Waals surface area contributed by atoms with E-state index in [1.807, 2.05) is 67.8 Å². The van der Waals surface area contributed by atoms with E-state index in [1.165, 1.54) is 12.1 Å². The van der Waals surface area contributed by atoms with Crippen LogP contribution in [0.4, 0.5) is 17.6 Å². The van der Waals surface area contributed by atoms with E-state index in [9.17, 15) is 55.1 Å². The molecule has 0 unspecified atom stereocenters. The molecule has 252 valence electrons. The molecule has 0 aliphatic carbocycles. The van der Waals surface area contributed by atoms with Gasteiger partial charge in [0.05, 0.1) is 19.1 Å². The molecule has 4 aromatic carbocycles. The average Bonchev–Trinajstić information content (AvgIpc) is 2.98. The van der Waals surface area contributed by atoms with Crippen LogP contribution in [-0.2, 0) is 21.3 Å². The van der Waals surface area contributed by atoms with Crippen molar-refractivity contribution in [3.8, 4) is 28.7 Å². The normalized spacial score (nSPS) is 11.3. The lowest BCUT2D eigenvalue weighted by Gasteiger charge is -2.15. The molecule has 0 amide bonds. The quantitative estimate of drug-likeness (QED) is 0.0488. The molecule has 0 radical (unpaired) electrons. The Bertz CT molecular complexity index is 2120. The van der Waals surface area contributed by atoms with Gasteiger partial charge in [-0.1, -0.05) is 0 Å². The predicted octanol–water partition coefficient (Wildman–Crippen LogP) is 6.56. The summed E-state index contributed by atoms with van der Waals surface area (Å²) in [5.41, 5.74) is -0.774. The van der Waals surface area contributed by atoms with Crippen LogP contribution in [0.5, 0.6) is 28.7 Å². The number of aromatic hydroxyl groups is 2. The number of benzene rings is 4. The van der Waals surface area contributed by atoms with Crippen LogP contribution in [0.2, 0.25) is 0 Å². The fourth-order valence-corrected chi connectivity index (χ4v) is 7.97. The maximum atomic E-state index is 14.6. The second-order valence-electron chi connectivity index (χ2n) is 9.17. The Balaban J connectivity index is 1.74. The maximum absolute atomic E-state index is 14.6. The molecule has 0 aliphatic rings. The van der Waals surface area contributed by atoms with Gasteiger partial charge in [-0.3, -0.25) is 4.79 Å². The molecule has 4 aromatic rings. The van der Waals surface area contributed by atoms with Crippen LogP contribution in [0.25, 0.3) is 0 Å². The molecule has 0 fully saturated rings. The molecule has 2 N–H and O–H groups in total. The number of ether oxygens (including phenoxy) is 3. The molecule has 0 aliphatic heterocycles. The summed E-state index contributed by atoms with van der Waals surface area (Å²) in [7, 11) is -6.05. The molecule has 20 heteroatoms. The SMILES string of the molecule is O=C(Cc1cc(O)c(I)cc1I)Oc1cc(OC(=O)c2cc(I)cc(I)c2O)cc(C(=O)Oc2c(F)c(F)c(S(=O)(=O)[O-])c(F)c2F)c1. The number of hydrogen-bond donors (Lipinski definition) is 2. The van der Waals surface area contributed by atoms with Gasteiger partial charge in [0.25, 0.3) is 0 Å². The Hall–Kier alpha value is -2.56. The molecular formula is C28H11F4I4O11S-. The highest BCUT2D eigenvalue weighted by Crippen LogP contribution is 2.34. The fourth-order valence-electron chi connectivity index (χ4n) is 3.78. The van der Waals surface area contributed by atoms with E-state index >= 15 is 0 Å². The summed E-state index contributed by atoms with van der Waals surface area (Å²) in [6, 6.07) is 8.14. The maximum Gasteiger partial charge on any atom is 0.347 e. The minimum absolute atomic E-state index is 0.125. The van der Waals surface area contributed by atoms with Crippen molar-refractivity contribution in [1.29, 1.82) is 0 Å². The van der Waals surface area contributed by atoms with Crippen LogP contribution in [-0.4, -0.2) is 41.1 Å². The minimum Gasteiger partial charge on any atom is -0.744 e. The smallest absolute Gasteiger partial charge is 0.347 e. The molecule has 0 bridgehead atoms. The zero-order chi connectivity index (χ0) is 35.8. The van der Waals surface area contributed by atoms with Crippen molar-refractivity contribution in [2.45, 2.75) is 11.3 Å². The summed E-state index contributed by atoms with van der Waals surface area (Å²) in [5.74, 6) is -18.1. The Morgan fingerprint density at radius 1 is 0.708 bits per heavy atom. The first kappa shape index (κ1) is 38.2. The monoisotopic (exact) mass is 1140 g/mol. The summed E-state index contributed by atoms with van der Waals surface area (Å²) in [6.07, 6.45) is -0.425.